The minimum absolute atomic E-state index is 0.274. The van der Waals surface area contributed by atoms with Crippen LogP contribution in [0.15, 0.2) is 17.5 Å². The van der Waals surface area contributed by atoms with Crippen molar-refractivity contribution in [3.8, 4) is 0 Å². The monoisotopic (exact) mass is 308 g/mol. The van der Waals surface area contributed by atoms with Crippen LogP contribution in [0.1, 0.15) is 17.7 Å². The van der Waals surface area contributed by atoms with Gasteiger partial charge < -0.3 is 4.90 Å². The summed E-state index contributed by atoms with van der Waals surface area (Å²) < 4.78 is 0. The maximum absolute atomic E-state index is 12.3. The maximum Gasteiger partial charge on any atom is 0.338 e. The van der Waals surface area contributed by atoms with Crippen LogP contribution in [-0.2, 0) is 16.0 Å². The molecule has 21 heavy (non-hydrogen) atoms. The van der Waals surface area contributed by atoms with Gasteiger partial charge in [-0.2, -0.15) is 0 Å². The summed E-state index contributed by atoms with van der Waals surface area (Å²) in [6.45, 7) is 2.51. The van der Waals surface area contributed by atoms with E-state index in [1.54, 1.807) is 11.3 Å². The van der Waals surface area contributed by atoms with E-state index in [4.69, 9.17) is 0 Å². The molecule has 1 aromatic heterocycles. The highest BCUT2D eigenvalue weighted by Crippen LogP contribution is 2.14. The fraction of sp³-hybridized carbons (Fsp3) is 0.500. The van der Waals surface area contributed by atoms with Gasteiger partial charge in [0.25, 0.3) is 0 Å². The largest absolute Gasteiger partial charge is 0.338 e. The first-order valence-corrected chi connectivity index (χ1v) is 8.08. The van der Waals surface area contributed by atoms with Crippen LogP contribution in [0.4, 0.5) is 4.79 Å². The number of urea groups is 1. The van der Waals surface area contributed by atoms with Crippen LogP contribution >= 0.6 is 11.3 Å². The van der Waals surface area contributed by atoms with Crippen molar-refractivity contribution in [3.63, 3.8) is 0 Å². The highest BCUT2D eigenvalue weighted by molar-refractivity contribution is 7.09. The Morgan fingerprint density at radius 2 is 1.81 bits per heavy atom. The van der Waals surface area contributed by atoms with Crippen molar-refractivity contribution in [1.29, 1.82) is 0 Å². The zero-order valence-electron chi connectivity index (χ0n) is 11.7. The van der Waals surface area contributed by atoms with Crippen LogP contribution < -0.4 is 4.90 Å². The number of hydrogen-bond donors (Lipinski definition) is 1. The van der Waals surface area contributed by atoms with Crippen LogP contribution in [0.2, 0.25) is 0 Å². The van der Waals surface area contributed by atoms with Crippen molar-refractivity contribution in [2.45, 2.75) is 19.3 Å². The molecule has 1 N–H and O–H groups in total. The predicted molar refractivity (Wildman–Crippen MR) is 76.8 cm³/mol. The molecular formula is C14H18N3O3S+. The Morgan fingerprint density at radius 1 is 1.10 bits per heavy atom. The zero-order chi connectivity index (χ0) is 14.8. The maximum atomic E-state index is 12.3. The Labute approximate surface area is 126 Å². The van der Waals surface area contributed by atoms with Gasteiger partial charge in [-0.25, -0.2) is 9.69 Å². The fourth-order valence-electron chi connectivity index (χ4n) is 2.82. The van der Waals surface area contributed by atoms with Gasteiger partial charge in [-0.3, -0.25) is 14.5 Å². The molecule has 0 spiro atoms. The van der Waals surface area contributed by atoms with Crippen molar-refractivity contribution in [1.82, 2.24) is 9.80 Å². The molecular weight excluding hydrogens is 290 g/mol. The van der Waals surface area contributed by atoms with Crippen molar-refractivity contribution in [3.05, 3.63) is 22.4 Å². The number of carbonyl (C=O) groups excluding carboxylic acids is 3. The van der Waals surface area contributed by atoms with Crippen molar-refractivity contribution in [2.24, 2.45) is 0 Å². The van der Waals surface area contributed by atoms with E-state index in [0.717, 1.165) is 40.6 Å². The normalized spacial score (nSPS) is 20.1. The number of carbonyl (C=O) groups is 3. The molecule has 0 unspecified atom stereocenters. The van der Waals surface area contributed by atoms with Gasteiger partial charge in [0.05, 0.1) is 13.1 Å². The molecule has 112 valence electrons. The number of hydrogen-bond acceptors (Lipinski definition) is 4. The summed E-state index contributed by atoms with van der Waals surface area (Å²) in [6, 6.07) is 3.44. The minimum Gasteiger partial charge on any atom is -0.317 e. The Hall–Kier alpha value is -1.73. The molecule has 0 bridgehead atoms. The lowest BCUT2D eigenvalue weighted by atomic mass is 10.3. The lowest BCUT2D eigenvalue weighted by molar-refractivity contribution is -0.894. The Bertz CT molecular complexity index is 552. The van der Waals surface area contributed by atoms with Gasteiger partial charge >= 0.3 is 17.8 Å². The minimum atomic E-state index is -0.685. The number of nitrogens with zero attached hydrogens (tertiary/aromatic N) is 2. The average Bonchev–Trinajstić information content (AvgIpc) is 3.19. The predicted octanol–water partition coefficient (Wildman–Crippen LogP) is -0.282. The summed E-state index contributed by atoms with van der Waals surface area (Å²) in [5.41, 5.74) is 0. The molecule has 0 aromatic carbocycles. The molecule has 0 saturated carbocycles. The van der Waals surface area contributed by atoms with Crippen LogP contribution in [0.3, 0.4) is 0 Å². The van der Waals surface area contributed by atoms with Crippen molar-refractivity contribution >= 4 is 29.2 Å². The summed E-state index contributed by atoms with van der Waals surface area (Å²) in [5.74, 6) is -1.36. The second-order valence-electron chi connectivity index (χ2n) is 5.42. The number of rotatable bonds is 5. The molecule has 0 radical (unpaired) electrons. The number of nitrogens with one attached hydrogen (secondary N) is 1. The molecule has 2 fully saturated rings. The van der Waals surface area contributed by atoms with Crippen LogP contribution in [0, 0.1) is 0 Å². The number of quaternary nitrogens is 1. The van der Waals surface area contributed by atoms with E-state index in [9.17, 15) is 14.4 Å². The molecule has 6 nitrogen and oxygen atoms in total. The lowest BCUT2D eigenvalue weighted by Gasteiger charge is -2.19. The highest BCUT2D eigenvalue weighted by atomic mass is 32.1. The van der Waals surface area contributed by atoms with Gasteiger partial charge in [0.15, 0.2) is 6.67 Å². The van der Waals surface area contributed by atoms with E-state index in [-0.39, 0.29) is 6.54 Å². The van der Waals surface area contributed by atoms with Crippen molar-refractivity contribution < 1.29 is 19.3 Å². The molecule has 4 amide bonds. The zero-order valence-corrected chi connectivity index (χ0v) is 12.5. The Kier molecular flexibility index (Phi) is 4.03. The van der Waals surface area contributed by atoms with E-state index < -0.39 is 17.8 Å². The van der Waals surface area contributed by atoms with Crippen LogP contribution in [0.5, 0.6) is 0 Å². The molecule has 1 aromatic rings. The first-order valence-electron chi connectivity index (χ1n) is 7.20. The highest BCUT2D eigenvalue weighted by Gasteiger charge is 2.46. The van der Waals surface area contributed by atoms with E-state index in [2.05, 4.69) is 0 Å². The van der Waals surface area contributed by atoms with Gasteiger partial charge in [-0.15, -0.1) is 11.3 Å². The van der Waals surface area contributed by atoms with Crippen molar-refractivity contribution in [2.75, 3.05) is 26.3 Å². The smallest absolute Gasteiger partial charge is 0.317 e. The SMILES string of the molecule is O=C1C(=O)N(C[NH+]2CCCC2)C(=O)N1CCc1cccs1. The third-order valence-electron chi connectivity index (χ3n) is 3.99. The first kappa shape index (κ1) is 14.2. The van der Waals surface area contributed by atoms with Gasteiger partial charge in [0.1, 0.15) is 0 Å². The van der Waals surface area contributed by atoms with Crippen LogP contribution in [-0.4, -0.2) is 53.9 Å². The van der Waals surface area contributed by atoms with E-state index in [1.165, 1.54) is 4.90 Å². The molecule has 3 rings (SSSR count). The molecule has 2 aliphatic heterocycles. The third-order valence-corrected chi connectivity index (χ3v) is 4.93. The quantitative estimate of drug-likeness (QED) is 0.601. The summed E-state index contributed by atoms with van der Waals surface area (Å²) in [5, 5.41) is 1.96. The Balaban J connectivity index is 1.63. The summed E-state index contributed by atoms with van der Waals surface area (Å²) in [7, 11) is 0. The molecule has 7 heteroatoms. The van der Waals surface area contributed by atoms with Gasteiger partial charge in [0, 0.05) is 30.7 Å². The summed E-state index contributed by atoms with van der Waals surface area (Å²) >= 11 is 1.58. The average molecular weight is 308 g/mol. The van der Waals surface area contributed by atoms with Gasteiger partial charge in [-0.05, 0) is 11.4 Å². The standard InChI is InChI=1S/C14H17N3O3S/c18-12-13(19)17(10-15-6-1-2-7-15)14(20)16(12)8-5-11-4-3-9-21-11/h3-4,9H,1-2,5-8,10H2/p+1. The fourth-order valence-corrected chi connectivity index (χ4v) is 3.52. The molecule has 2 aliphatic rings. The van der Waals surface area contributed by atoms with Gasteiger partial charge in [-0.1, -0.05) is 6.07 Å². The molecule has 2 saturated heterocycles. The second kappa shape index (κ2) is 5.95. The summed E-state index contributed by atoms with van der Waals surface area (Å²) in [4.78, 5) is 40.7. The summed E-state index contributed by atoms with van der Waals surface area (Å²) in [6.07, 6.45) is 2.83. The Morgan fingerprint density at radius 3 is 2.48 bits per heavy atom. The van der Waals surface area contributed by atoms with E-state index in [1.807, 2.05) is 17.5 Å². The topological polar surface area (TPSA) is 62.1 Å². The molecule has 3 heterocycles. The molecule has 0 aliphatic carbocycles. The first-order chi connectivity index (χ1) is 10.2. The number of imide groups is 2. The lowest BCUT2D eigenvalue weighted by Crippen LogP contribution is -3.11. The van der Waals surface area contributed by atoms with E-state index in [0.29, 0.717) is 13.1 Å². The number of thiophene rings is 1. The number of amides is 4. The third kappa shape index (κ3) is 2.84. The van der Waals surface area contributed by atoms with Crippen LogP contribution in [0.25, 0.3) is 0 Å². The molecule has 0 atom stereocenters. The van der Waals surface area contributed by atoms with E-state index >= 15 is 0 Å². The van der Waals surface area contributed by atoms with Gasteiger partial charge in [0.2, 0.25) is 0 Å². The second-order valence-corrected chi connectivity index (χ2v) is 6.45. The number of likely N-dealkylation sites (tertiary alicyclic amines) is 1.